The van der Waals surface area contributed by atoms with Gasteiger partial charge in [-0.1, -0.05) is 30.3 Å². The fraction of sp³-hybridized carbons (Fsp3) is 0.364. The third kappa shape index (κ3) is 3.68. The van der Waals surface area contributed by atoms with Crippen LogP contribution in [-0.2, 0) is 16.0 Å². The van der Waals surface area contributed by atoms with E-state index in [1.807, 2.05) is 23.1 Å². The summed E-state index contributed by atoms with van der Waals surface area (Å²) in [6, 6.07) is 16.4. The monoisotopic (exact) mass is 363 g/mol. The number of fused-ring (bicyclic) bond motifs is 1. The summed E-state index contributed by atoms with van der Waals surface area (Å²) < 4.78 is 0. The lowest BCUT2D eigenvalue weighted by molar-refractivity contribution is -0.135. The molecule has 0 bridgehead atoms. The van der Waals surface area contributed by atoms with Gasteiger partial charge in [0.25, 0.3) is 0 Å². The molecule has 2 amide bonds. The van der Waals surface area contributed by atoms with Crippen molar-refractivity contribution in [1.82, 2.24) is 4.90 Å². The van der Waals surface area contributed by atoms with Crippen LogP contribution in [-0.4, -0.2) is 49.4 Å². The maximum Gasteiger partial charge on any atom is 0.236 e. The molecule has 0 radical (unpaired) electrons. The molecule has 1 saturated heterocycles. The lowest BCUT2D eigenvalue weighted by Crippen LogP contribution is -2.49. The Morgan fingerprint density at radius 2 is 1.67 bits per heavy atom. The molecule has 0 N–H and O–H groups in total. The Bertz CT molecular complexity index is 856. The largest absolute Gasteiger partial charge is 0.368 e. The predicted molar refractivity (Wildman–Crippen MR) is 107 cm³/mol. The molecule has 2 aromatic rings. The topological polar surface area (TPSA) is 43.9 Å². The van der Waals surface area contributed by atoms with Crippen LogP contribution in [0.5, 0.6) is 0 Å². The van der Waals surface area contributed by atoms with Crippen molar-refractivity contribution in [1.29, 1.82) is 0 Å². The summed E-state index contributed by atoms with van der Waals surface area (Å²) in [6.45, 7) is 5.69. The summed E-state index contributed by atoms with van der Waals surface area (Å²) in [5.74, 6) is -0.153. The average Bonchev–Trinajstić information content (AvgIpc) is 3.12. The van der Waals surface area contributed by atoms with E-state index < -0.39 is 0 Å². The first kappa shape index (κ1) is 17.6. The number of hydrogen-bond acceptors (Lipinski definition) is 3. The van der Waals surface area contributed by atoms with E-state index in [1.54, 1.807) is 4.90 Å². The first-order valence-corrected chi connectivity index (χ1v) is 9.59. The molecular weight excluding hydrogens is 338 g/mol. The number of carbonyl (C=O) groups is 2. The van der Waals surface area contributed by atoms with Gasteiger partial charge in [-0.15, -0.1) is 0 Å². The van der Waals surface area contributed by atoms with E-state index in [4.69, 9.17) is 0 Å². The van der Waals surface area contributed by atoms with E-state index in [2.05, 4.69) is 42.2 Å². The highest BCUT2D eigenvalue weighted by atomic mass is 16.2. The molecule has 0 aromatic heterocycles. The number of rotatable bonds is 3. The molecule has 1 fully saturated rings. The zero-order valence-electron chi connectivity index (χ0n) is 15.7. The van der Waals surface area contributed by atoms with Crippen molar-refractivity contribution in [2.75, 3.05) is 42.5 Å². The van der Waals surface area contributed by atoms with Crippen LogP contribution in [0.3, 0.4) is 0 Å². The standard InChI is InChI=1S/C22H25N3O2/c1-17-5-4-7-19(15-17)23-11-13-24(14-12-23)21(26)16-22(27)25-10-9-18-6-2-3-8-20(18)25/h2-8,15H,9-14,16H2,1H3. The molecule has 2 heterocycles. The maximum absolute atomic E-state index is 12.7. The molecule has 27 heavy (non-hydrogen) atoms. The second-order valence-corrected chi connectivity index (χ2v) is 7.31. The van der Waals surface area contributed by atoms with Gasteiger partial charge in [0.15, 0.2) is 0 Å². The van der Waals surface area contributed by atoms with Crippen LogP contribution in [0.25, 0.3) is 0 Å². The van der Waals surface area contributed by atoms with Crippen LogP contribution in [0.2, 0.25) is 0 Å². The summed E-state index contributed by atoms with van der Waals surface area (Å²) in [5, 5.41) is 0. The summed E-state index contributed by atoms with van der Waals surface area (Å²) >= 11 is 0. The van der Waals surface area contributed by atoms with Crippen molar-refractivity contribution in [3.05, 3.63) is 59.7 Å². The number of piperazine rings is 1. The van der Waals surface area contributed by atoms with Crippen molar-refractivity contribution in [3.63, 3.8) is 0 Å². The Morgan fingerprint density at radius 1 is 0.889 bits per heavy atom. The van der Waals surface area contributed by atoms with Crippen LogP contribution in [0.4, 0.5) is 11.4 Å². The van der Waals surface area contributed by atoms with Crippen molar-refractivity contribution in [3.8, 4) is 0 Å². The van der Waals surface area contributed by atoms with Crippen molar-refractivity contribution < 1.29 is 9.59 Å². The minimum Gasteiger partial charge on any atom is -0.368 e. The Labute approximate surface area is 160 Å². The number of carbonyl (C=O) groups excluding carboxylic acids is 2. The Hall–Kier alpha value is -2.82. The predicted octanol–water partition coefficient (Wildman–Crippen LogP) is 2.62. The van der Waals surface area contributed by atoms with E-state index >= 15 is 0 Å². The number of anilines is 2. The molecule has 0 atom stereocenters. The highest BCUT2D eigenvalue weighted by Crippen LogP contribution is 2.28. The molecule has 0 unspecified atom stereocenters. The quantitative estimate of drug-likeness (QED) is 0.788. The SMILES string of the molecule is Cc1cccc(N2CCN(C(=O)CC(=O)N3CCc4ccccc43)CC2)c1. The van der Waals surface area contributed by atoms with Gasteiger partial charge in [-0.25, -0.2) is 0 Å². The fourth-order valence-electron chi connectivity index (χ4n) is 3.97. The van der Waals surface area contributed by atoms with E-state index in [-0.39, 0.29) is 18.2 Å². The number of aryl methyl sites for hydroxylation is 1. The number of hydrogen-bond donors (Lipinski definition) is 0. The normalized spacial score (nSPS) is 16.4. The molecule has 2 aliphatic rings. The number of para-hydroxylation sites is 1. The van der Waals surface area contributed by atoms with Gasteiger partial charge in [-0.05, 0) is 42.7 Å². The van der Waals surface area contributed by atoms with E-state index in [1.165, 1.54) is 16.8 Å². The Morgan fingerprint density at radius 3 is 2.44 bits per heavy atom. The zero-order chi connectivity index (χ0) is 18.8. The van der Waals surface area contributed by atoms with Crippen LogP contribution in [0, 0.1) is 6.92 Å². The Kier molecular flexibility index (Phi) is 4.84. The van der Waals surface area contributed by atoms with Gasteiger partial charge in [0, 0.05) is 44.1 Å². The summed E-state index contributed by atoms with van der Waals surface area (Å²) in [6.07, 6.45) is 0.823. The van der Waals surface area contributed by atoms with Gasteiger partial charge in [0.1, 0.15) is 6.42 Å². The summed E-state index contributed by atoms with van der Waals surface area (Å²) in [7, 11) is 0. The second-order valence-electron chi connectivity index (χ2n) is 7.31. The van der Waals surface area contributed by atoms with Crippen molar-refractivity contribution >= 4 is 23.2 Å². The molecule has 140 valence electrons. The summed E-state index contributed by atoms with van der Waals surface area (Å²) in [5.41, 5.74) is 4.58. The molecule has 0 aliphatic carbocycles. The molecular formula is C22H25N3O2. The smallest absolute Gasteiger partial charge is 0.236 e. The minimum atomic E-state index is -0.0916. The third-order valence-electron chi connectivity index (χ3n) is 5.49. The molecule has 0 saturated carbocycles. The zero-order valence-corrected chi connectivity index (χ0v) is 15.7. The van der Waals surface area contributed by atoms with E-state index in [0.717, 1.165) is 25.2 Å². The van der Waals surface area contributed by atoms with Gasteiger partial charge in [0.2, 0.25) is 11.8 Å². The lowest BCUT2D eigenvalue weighted by atomic mass is 10.2. The maximum atomic E-state index is 12.7. The minimum absolute atomic E-state index is 0.0429. The second kappa shape index (κ2) is 7.43. The molecule has 5 heteroatoms. The van der Waals surface area contributed by atoms with Gasteiger partial charge >= 0.3 is 0 Å². The number of amides is 2. The van der Waals surface area contributed by atoms with E-state index in [9.17, 15) is 9.59 Å². The van der Waals surface area contributed by atoms with Gasteiger partial charge < -0.3 is 14.7 Å². The fourth-order valence-corrected chi connectivity index (χ4v) is 3.97. The van der Waals surface area contributed by atoms with Gasteiger partial charge in [-0.3, -0.25) is 9.59 Å². The van der Waals surface area contributed by atoms with Crippen molar-refractivity contribution in [2.24, 2.45) is 0 Å². The van der Waals surface area contributed by atoms with E-state index in [0.29, 0.717) is 19.6 Å². The molecule has 2 aliphatic heterocycles. The Balaban J connectivity index is 1.33. The molecule has 2 aromatic carbocycles. The molecule has 5 nitrogen and oxygen atoms in total. The first-order chi connectivity index (χ1) is 13.1. The van der Waals surface area contributed by atoms with Crippen LogP contribution in [0.1, 0.15) is 17.5 Å². The highest BCUT2D eigenvalue weighted by Gasteiger charge is 2.28. The van der Waals surface area contributed by atoms with Crippen LogP contribution >= 0.6 is 0 Å². The highest BCUT2D eigenvalue weighted by molar-refractivity contribution is 6.06. The first-order valence-electron chi connectivity index (χ1n) is 9.59. The van der Waals surface area contributed by atoms with Gasteiger partial charge in [-0.2, -0.15) is 0 Å². The van der Waals surface area contributed by atoms with Gasteiger partial charge in [0.05, 0.1) is 0 Å². The number of benzene rings is 2. The summed E-state index contributed by atoms with van der Waals surface area (Å²) in [4.78, 5) is 31.2. The average molecular weight is 363 g/mol. The molecule has 0 spiro atoms. The van der Waals surface area contributed by atoms with Crippen LogP contribution in [0.15, 0.2) is 48.5 Å². The lowest BCUT2D eigenvalue weighted by Gasteiger charge is -2.36. The molecule has 4 rings (SSSR count). The third-order valence-corrected chi connectivity index (χ3v) is 5.49. The number of nitrogens with zero attached hydrogens (tertiary/aromatic N) is 3. The van der Waals surface area contributed by atoms with Crippen molar-refractivity contribution in [2.45, 2.75) is 19.8 Å². The van der Waals surface area contributed by atoms with Crippen LogP contribution < -0.4 is 9.80 Å².